The third-order valence-electron chi connectivity index (χ3n) is 4.98. The Morgan fingerprint density at radius 2 is 1.48 bits per heavy atom. The van der Waals surface area contributed by atoms with E-state index in [0.29, 0.717) is 12.1 Å². The van der Waals surface area contributed by atoms with Crippen LogP contribution in [0.2, 0.25) is 0 Å². The van der Waals surface area contributed by atoms with Gasteiger partial charge < -0.3 is 5.11 Å². The molecule has 0 saturated carbocycles. The van der Waals surface area contributed by atoms with E-state index in [1.54, 1.807) is 12.4 Å². The zero-order valence-electron chi connectivity index (χ0n) is 17.3. The summed E-state index contributed by atoms with van der Waals surface area (Å²) in [5.74, 6) is 6.39. The van der Waals surface area contributed by atoms with Crippen LogP contribution in [0.1, 0.15) is 37.5 Å². The van der Waals surface area contributed by atoms with E-state index in [1.165, 1.54) is 5.56 Å². The van der Waals surface area contributed by atoms with Crippen molar-refractivity contribution >= 4 is 0 Å². The van der Waals surface area contributed by atoms with Crippen molar-refractivity contribution in [1.29, 1.82) is 0 Å². The van der Waals surface area contributed by atoms with Gasteiger partial charge in [-0.15, -0.1) is 0 Å². The normalized spacial score (nSPS) is 13.4. The summed E-state index contributed by atoms with van der Waals surface area (Å²) in [5, 5.41) is 11.5. The van der Waals surface area contributed by atoms with Gasteiger partial charge in [0.1, 0.15) is 0 Å². The molecular formula is C26H28N2O. The molecule has 1 aromatic heterocycles. The van der Waals surface area contributed by atoms with Gasteiger partial charge in [-0.3, -0.25) is 9.88 Å². The molecule has 0 fully saturated rings. The summed E-state index contributed by atoms with van der Waals surface area (Å²) in [6.07, 6.45) is 3.37. The topological polar surface area (TPSA) is 36.4 Å². The average molecular weight is 385 g/mol. The summed E-state index contributed by atoms with van der Waals surface area (Å²) in [6, 6.07) is 23.6. The van der Waals surface area contributed by atoms with E-state index in [9.17, 15) is 5.11 Å². The molecule has 0 amide bonds. The minimum Gasteiger partial charge on any atom is -0.369 e. The highest BCUT2D eigenvalue weighted by Gasteiger charge is 2.30. The first kappa shape index (κ1) is 20.8. The van der Waals surface area contributed by atoms with Gasteiger partial charge in [-0.05, 0) is 32.4 Å². The predicted molar refractivity (Wildman–Crippen MR) is 118 cm³/mol. The fourth-order valence-corrected chi connectivity index (χ4v) is 3.16. The van der Waals surface area contributed by atoms with Crippen molar-refractivity contribution in [2.45, 2.75) is 38.5 Å². The van der Waals surface area contributed by atoms with Crippen LogP contribution in [0.4, 0.5) is 0 Å². The van der Waals surface area contributed by atoms with E-state index in [1.807, 2.05) is 48.5 Å². The Labute approximate surface area is 174 Å². The zero-order valence-corrected chi connectivity index (χ0v) is 17.3. The zero-order chi connectivity index (χ0) is 20.7. The van der Waals surface area contributed by atoms with Gasteiger partial charge in [0.15, 0.2) is 5.60 Å². The van der Waals surface area contributed by atoms with E-state index in [4.69, 9.17) is 0 Å². The van der Waals surface area contributed by atoms with Gasteiger partial charge in [0.2, 0.25) is 0 Å². The number of rotatable bonds is 5. The molecule has 29 heavy (non-hydrogen) atoms. The maximum atomic E-state index is 11.5. The minimum absolute atomic E-state index is 0.0519. The Bertz CT molecular complexity index is 912. The van der Waals surface area contributed by atoms with Crippen LogP contribution in [0.15, 0.2) is 85.2 Å². The first-order valence-corrected chi connectivity index (χ1v) is 9.87. The Hall–Kier alpha value is -2.93. The molecule has 3 aromatic rings. The highest BCUT2D eigenvalue weighted by atomic mass is 16.3. The van der Waals surface area contributed by atoms with Crippen molar-refractivity contribution in [1.82, 2.24) is 9.88 Å². The van der Waals surface area contributed by atoms with E-state index in [2.05, 4.69) is 66.8 Å². The van der Waals surface area contributed by atoms with Crippen LogP contribution >= 0.6 is 0 Å². The smallest absolute Gasteiger partial charge is 0.178 e. The van der Waals surface area contributed by atoms with Crippen LogP contribution in [0.3, 0.4) is 0 Å². The summed E-state index contributed by atoms with van der Waals surface area (Å²) >= 11 is 0. The van der Waals surface area contributed by atoms with Crippen molar-refractivity contribution in [3.63, 3.8) is 0 Å². The van der Waals surface area contributed by atoms with Crippen LogP contribution in [0.5, 0.6) is 0 Å². The number of benzene rings is 2. The van der Waals surface area contributed by atoms with Gasteiger partial charge >= 0.3 is 0 Å². The van der Waals surface area contributed by atoms with Crippen molar-refractivity contribution < 1.29 is 5.11 Å². The Morgan fingerprint density at radius 1 is 0.862 bits per heavy atom. The number of hydrogen-bond donors (Lipinski definition) is 1. The molecule has 1 atom stereocenters. The number of pyridine rings is 1. The molecule has 0 saturated heterocycles. The monoisotopic (exact) mass is 384 g/mol. The summed E-state index contributed by atoms with van der Waals surface area (Å²) in [7, 11) is 0. The molecule has 0 aliphatic rings. The largest absolute Gasteiger partial charge is 0.369 e. The van der Waals surface area contributed by atoms with Crippen LogP contribution < -0.4 is 0 Å². The molecule has 1 N–H and O–H groups in total. The van der Waals surface area contributed by atoms with Gasteiger partial charge in [0, 0.05) is 35.6 Å². The molecule has 148 valence electrons. The summed E-state index contributed by atoms with van der Waals surface area (Å²) < 4.78 is 0. The number of aromatic nitrogens is 1. The second-order valence-electron chi connectivity index (χ2n) is 8.13. The van der Waals surface area contributed by atoms with E-state index < -0.39 is 5.60 Å². The Balaban J connectivity index is 1.90. The van der Waals surface area contributed by atoms with Crippen molar-refractivity contribution in [3.8, 4) is 11.8 Å². The van der Waals surface area contributed by atoms with Gasteiger partial charge in [-0.2, -0.15) is 0 Å². The molecule has 0 radical (unpaired) electrons. The second-order valence-corrected chi connectivity index (χ2v) is 8.13. The quantitative estimate of drug-likeness (QED) is 0.652. The molecule has 2 aromatic carbocycles. The summed E-state index contributed by atoms with van der Waals surface area (Å²) in [4.78, 5) is 6.49. The lowest BCUT2D eigenvalue weighted by Crippen LogP contribution is -2.41. The molecule has 0 unspecified atom stereocenters. The van der Waals surface area contributed by atoms with E-state index >= 15 is 0 Å². The third kappa shape index (κ3) is 5.32. The van der Waals surface area contributed by atoms with Gasteiger partial charge in [-0.25, -0.2) is 0 Å². The lowest BCUT2D eigenvalue weighted by Gasteiger charge is -2.34. The Kier molecular flexibility index (Phi) is 6.49. The highest BCUT2D eigenvalue weighted by Crippen LogP contribution is 2.28. The number of hydrogen-bond acceptors (Lipinski definition) is 3. The minimum atomic E-state index is -1.40. The maximum Gasteiger partial charge on any atom is 0.178 e. The molecular weight excluding hydrogens is 356 g/mol. The third-order valence-corrected chi connectivity index (χ3v) is 4.98. The first-order valence-electron chi connectivity index (χ1n) is 9.87. The molecule has 0 aliphatic heterocycles. The maximum absolute atomic E-state index is 11.5. The van der Waals surface area contributed by atoms with Gasteiger partial charge in [-0.1, -0.05) is 78.6 Å². The molecule has 3 rings (SSSR count). The van der Waals surface area contributed by atoms with Crippen LogP contribution in [-0.4, -0.2) is 27.1 Å². The first-order chi connectivity index (χ1) is 13.9. The van der Waals surface area contributed by atoms with Crippen LogP contribution in [-0.2, 0) is 12.1 Å². The van der Waals surface area contributed by atoms with Crippen LogP contribution in [0.25, 0.3) is 0 Å². The fourth-order valence-electron chi connectivity index (χ4n) is 3.16. The molecule has 1 heterocycles. The number of nitrogens with zero attached hydrogens (tertiary/aromatic N) is 2. The molecule has 0 aliphatic carbocycles. The fraction of sp³-hybridized carbons (Fsp3) is 0.269. The Morgan fingerprint density at radius 3 is 2.07 bits per heavy atom. The molecule has 3 heteroatoms. The second kappa shape index (κ2) is 9.05. The van der Waals surface area contributed by atoms with Gasteiger partial charge in [0.05, 0.1) is 6.54 Å². The number of aliphatic hydroxyl groups is 1. The average Bonchev–Trinajstić information content (AvgIpc) is 2.74. The van der Waals surface area contributed by atoms with Crippen molar-refractivity contribution in [2.75, 3.05) is 6.54 Å². The van der Waals surface area contributed by atoms with Crippen molar-refractivity contribution in [3.05, 3.63) is 102 Å². The molecule has 0 bridgehead atoms. The van der Waals surface area contributed by atoms with Gasteiger partial charge in [0.25, 0.3) is 0 Å². The summed E-state index contributed by atoms with van der Waals surface area (Å²) in [5.41, 5.74) is 1.21. The molecule has 3 nitrogen and oxygen atoms in total. The standard InChI is InChI=1S/C26H28N2O/c1-25(2,3)28(21-22-12-6-4-7-13-22)19-11-17-26(29,23-14-8-5-9-15-23)24-16-10-18-27-20-24/h4-10,12-16,18,20,29H,19,21H2,1-3H3/t26-/m0/s1. The SMILES string of the molecule is CC(C)(C)N(CC#C[C@](O)(c1ccccc1)c1cccnc1)Cc1ccccc1. The summed E-state index contributed by atoms with van der Waals surface area (Å²) in [6.45, 7) is 7.90. The van der Waals surface area contributed by atoms with Crippen molar-refractivity contribution in [2.24, 2.45) is 0 Å². The lowest BCUT2D eigenvalue weighted by atomic mass is 9.88. The molecule has 0 spiro atoms. The highest BCUT2D eigenvalue weighted by molar-refractivity contribution is 5.43. The lowest BCUT2D eigenvalue weighted by molar-refractivity contribution is 0.140. The van der Waals surface area contributed by atoms with E-state index in [-0.39, 0.29) is 5.54 Å². The predicted octanol–water partition coefficient (Wildman–Crippen LogP) is 4.62. The van der Waals surface area contributed by atoms with E-state index in [0.717, 1.165) is 12.1 Å². The van der Waals surface area contributed by atoms with Crippen LogP contribution in [0, 0.1) is 11.8 Å².